The maximum Gasteiger partial charge on any atom is 0.421 e. The lowest BCUT2D eigenvalue weighted by molar-refractivity contribution is -0.138. The first-order valence-corrected chi connectivity index (χ1v) is 23.8. The van der Waals surface area contributed by atoms with Crippen LogP contribution in [0.25, 0.3) is 0 Å². The van der Waals surface area contributed by atoms with Crippen LogP contribution in [0.3, 0.4) is 0 Å². The van der Waals surface area contributed by atoms with Gasteiger partial charge in [0.25, 0.3) is 0 Å². The molecular formula is C42H45ClF6N8O2P2. The summed E-state index contributed by atoms with van der Waals surface area (Å²) < 4.78 is 102. The van der Waals surface area contributed by atoms with Crippen LogP contribution in [0.1, 0.15) is 33.4 Å². The fourth-order valence-electron chi connectivity index (χ4n) is 5.62. The van der Waals surface area contributed by atoms with E-state index in [4.69, 9.17) is 17.3 Å². The zero-order valence-corrected chi connectivity index (χ0v) is 37.0. The van der Waals surface area contributed by atoms with Crippen molar-refractivity contribution in [1.29, 1.82) is 0 Å². The number of nitrogen functional groups attached to an aromatic ring is 1. The normalized spacial score (nSPS) is 11.7. The van der Waals surface area contributed by atoms with Crippen LogP contribution in [0.5, 0.6) is 0 Å². The molecule has 0 aliphatic rings. The molecule has 0 aliphatic heterocycles. The number of rotatable bonds is 8. The Labute approximate surface area is 355 Å². The van der Waals surface area contributed by atoms with Crippen molar-refractivity contribution in [2.75, 3.05) is 48.3 Å². The number of hydrogen-bond acceptors (Lipinski definition) is 10. The zero-order valence-electron chi connectivity index (χ0n) is 34.5. The highest BCUT2D eigenvalue weighted by Gasteiger charge is 2.36. The molecule has 0 spiro atoms. The molecule has 0 bridgehead atoms. The average molecular weight is 905 g/mol. The summed E-state index contributed by atoms with van der Waals surface area (Å²) >= 11 is 5.52. The molecule has 6 aromatic rings. The number of aromatic nitrogens is 4. The van der Waals surface area contributed by atoms with Crippen molar-refractivity contribution in [2.24, 2.45) is 0 Å². The molecule has 324 valence electrons. The van der Waals surface area contributed by atoms with Crippen molar-refractivity contribution in [3.63, 3.8) is 0 Å². The van der Waals surface area contributed by atoms with Gasteiger partial charge in [-0.05, 0) is 149 Å². The Kier molecular flexibility index (Phi) is 15.4. The first kappa shape index (κ1) is 48.2. The molecule has 0 saturated heterocycles. The highest BCUT2D eigenvalue weighted by molar-refractivity contribution is 7.70. The number of aryl methyl sites for hydroxylation is 4. The minimum absolute atomic E-state index is 0.0128. The molecular weight excluding hydrogens is 860 g/mol. The van der Waals surface area contributed by atoms with E-state index in [1.807, 2.05) is 45.9 Å². The maximum absolute atomic E-state index is 13.5. The minimum atomic E-state index is -4.61. The largest absolute Gasteiger partial charge is 0.421 e. The van der Waals surface area contributed by atoms with Crippen molar-refractivity contribution in [3.8, 4) is 0 Å². The number of nitrogens with one attached hydrogen (secondary N) is 3. The number of halogens is 7. The van der Waals surface area contributed by atoms with Gasteiger partial charge in [-0.25, -0.2) is 15.0 Å². The minimum Gasteiger partial charge on any atom is -0.399 e. The lowest BCUT2D eigenvalue weighted by atomic mass is 10.1. The second kappa shape index (κ2) is 19.5. The van der Waals surface area contributed by atoms with Gasteiger partial charge in [0.1, 0.15) is 36.4 Å². The van der Waals surface area contributed by atoms with Crippen LogP contribution in [0.2, 0.25) is 5.15 Å². The lowest BCUT2D eigenvalue weighted by Crippen LogP contribution is -2.13. The summed E-state index contributed by atoms with van der Waals surface area (Å²) in [5, 5.41) is 9.13. The Morgan fingerprint density at radius 1 is 0.541 bits per heavy atom. The molecule has 0 radical (unpaired) electrons. The van der Waals surface area contributed by atoms with Crippen LogP contribution in [0, 0.1) is 27.7 Å². The van der Waals surface area contributed by atoms with Crippen molar-refractivity contribution in [3.05, 3.63) is 136 Å². The molecule has 0 saturated carbocycles. The van der Waals surface area contributed by atoms with Crippen molar-refractivity contribution in [2.45, 2.75) is 40.0 Å². The van der Waals surface area contributed by atoms with Crippen molar-refractivity contribution in [1.82, 2.24) is 19.9 Å². The first-order valence-electron chi connectivity index (χ1n) is 18.3. The van der Waals surface area contributed by atoms with E-state index < -0.39 is 42.9 Å². The number of nitrogens with zero attached hydrogens (tertiary/aromatic N) is 4. The van der Waals surface area contributed by atoms with E-state index in [0.717, 1.165) is 23.0 Å². The third kappa shape index (κ3) is 14.9. The zero-order chi connectivity index (χ0) is 45.5. The Bertz CT molecular complexity index is 2490. The summed E-state index contributed by atoms with van der Waals surface area (Å²) in [7, 11) is -4.75. The van der Waals surface area contributed by atoms with Gasteiger partial charge in [-0.15, -0.1) is 0 Å². The summed E-state index contributed by atoms with van der Waals surface area (Å²) in [6.45, 7) is 14.4. The van der Waals surface area contributed by atoms with Gasteiger partial charge in [0, 0.05) is 45.8 Å². The fraction of sp³-hybridized carbons (Fsp3) is 0.238. The predicted molar refractivity (Wildman–Crippen MR) is 236 cm³/mol. The number of alkyl halides is 6. The van der Waals surface area contributed by atoms with Crippen LogP contribution < -0.4 is 32.3 Å². The van der Waals surface area contributed by atoms with Crippen molar-refractivity contribution >= 4 is 77.0 Å². The first-order chi connectivity index (χ1) is 28.2. The fourth-order valence-corrected chi connectivity index (χ4v) is 7.59. The molecule has 2 heterocycles. The molecule has 6 rings (SSSR count). The molecule has 2 aromatic heterocycles. The summed E-state index contributed by atoms with van der Waals surface area (Å²) in [6.07, 6.45) is -7.83. The van der Waals surface area contributed by atoms with Crippen molar-refractivity contribution < 1.29 is 35.5 Å². The molecule has 0 atom stereocenters. The van der Waals surface area contributed by atoms with Gasteiger partial charge in [-0.3, -0.25) is 0 Å². The smallest absolute Gasteiger partial charge is 0.399 e. The van der Waals surface area contributed by atoms with E-state index in [9.17, 15) is 35.5 Å². The third-order valence-corrected chi connectivity index (χ3v) is 11.7. The summed E-state index contributed by atoms with van der Waals surface area (Å²) in [5.41, 5.74) is 10.3. The van der Waals surface area contributed by atoms with Gasteiger partial charge in [-0.2, -0.15) is 31.3 Å². The molecule has 61 heavy (non-hydrogen) atoms. The lowest BCUT2D eigenvalue weighted by Gasteiger charge is -2.16. The number of anilines is 7. The number of hydrogen-bond donors (Lipinski definition) is 4. The van der Waals surface area contributed by atoms with Gasteiger partial charge in [0.15, 0.2) is 0 Å². The Morgan fingerprint density at radius 3 is 1.28 bits per heavy atom. The Balaban J connectivity index is 0.000000230. The van der Waals surface area contributed by atoms with Gasteiger partial charge >= 0.3 is 12.4 Å². The van der Waals surface area contributed by atoms with E-state index in [2.05, 4.69) is 42.0 Å². The summed E-state index contributed by atoms with van der Waals surface area (Å²) in [6, 6.07) is 24.9. The van der Waals surface area contributed by atoms with E-state index in [1.54, 1.807) is 87.3 Å². The average Bonchev–Trinajstić information content (AvgIpc) is 3.10. The van der Waals surface area contributed by atoms with E-state index in [1.165, 1.54) is 11.1 Å². The van der Waals surface area contributed by atoms with E-state index in [-0.39, 0.29) is 17.7 Å². The van der Waals surface area contributed by atoms with Crippen LogP contribution >= 0.6 is 25.9 Å². The SMILES string of the molecule is CP(C)(=O)c1ccc(Nc2ncc(C(F)(F)F)c(Cl)n2)cc1.Cc1cc(C)cc(N)c1.Cc1cc(C)cc(Nc2nc(Nc3ccc(P(C)(C)=O)cc3)ncc2C(F)(F)F)c1. The van der Waals surface area contributed by atoms with Gasteiger partial charge in [0.2, 0.25) is 11.9 Å². The van der Waals surface area contributed by atoms with Crippen LogP contribution in [0.15, 0.2) is 97.3 Å². The molecule has 0 amide bonds. The molecule has 4 aromatic carbocycles. The van der Waals surface area contributed by atoms with E-state index >= 15 is 0 Å². The summed E-state index contributed by atoms with van der Waals surface area (Å²) in [4.78, 5) is 15.0. The van der Waals surface area contributed by atoms with Crippen LogP contribution in [0.4, 0.5) is 66.8 Å². The highest BCUT2D eigenvalue weighted by Crippen LogP contribution is 2.38. The Morgan fingerprint density at radius 2 is 0.918 bits per heavy atom. The van der Waals surface area contributed by atoms with Gasteiger partial charge in [0.05, 0.1) is 0 Å². The van der Waals surface area contributed by atoms with Gasteiger partial charge in [-0.1, -0.05) is 23.7 Å². The maximum atomic E-state index is 13.5. The Hall–Kier alpha value is -5.43. The quantitative estimate of drug-likeness (QED) is 0.0503. The number of benzene rings is 4. The molecule has 0 unspecified atom stereocenters. The highest BCUT2D eigenvalue weighted by atomic mass is 35.5. The standard InChI is InChI=1S/C21H22F3N4OP.C13H12ClF3N3OP.C8H11N/c1-13-9-14(2)11-16(10-13)26-19-18(21(22,23)24)12-25-20(28-19)27-15-5-7-17(8-6-15)30(3,4)29;1-22(2,21)9-5-3-8(4-6-9)19-12-18-7-10(11(14)20-12)13(15,16)17;1-6-3-7(2)5-8(9)4-6/h5-12H,1-4H3,(H2,25,26,27,28);3-7H,1-2H3,(H,18,19,20);3-5H,9H2,1-2H3. The monoisotopic (exact) mass is 904 g/mol. The van der Waals surface area contributed by atoms with Gasteiger partial charge < -0.3 is 30.8 Å². The molecule has 0 fully saturated rings. The third-order valence-electron chi connectivity index (χ3n) is 8.36. The topological polar surface area (TPSA) is 148 Å². The predicted octanol–water partition coefficient (Wildman–Crippen LogP) is 11.9. The molecule has 19 heteroatoms. The summed E-state index contributed by atoms with van der Waals surface area (Å²) in [5.74, 6) is -0.381. The second-order valence-corrected chi connectivity index (χ2v) is 21.6. The van der Waals surface area contributed by atoms with E-state index in [0.29, 0.717) is 33.9 Å². The molecule has 0 aliphatic carbocycles. The number of nitrogens with two attached hydrogens (primary N) is 1. The van der Waals surface area contributed by atoms with Crippen LogP contribution in [-0.2, 0) is 21.5 Å². The molecule has 10 nitrogen and oxygen atoms in total. The molecule has 5 N–H and O–H groups in total. The van der Waals surface area contributed by atoms with Crippen LogP contribution in [-0.4, -0.2) is 46.6 Å². The second-order valence-electron chi connectivity index (χ2n) is 14.8.